The first-order chi connectivity index (χ1) is 10.2. The predicted octanol–water partition coefficient (Wildman–Crippen LogP) is 3.91. The van der Waals surface area contributed by atoms with Gasteiger partial charge in [-0.1, -0.05) is 40.6 Å². The predicted molar refractivity (Wildman–Crippen MR) is 84.7 cm³/mol. The van der Waals surface area contributed by atoms with E-state index < -0.39 is 0 Å². The Balaban J connectivity index is 1.74. The topological polar surface area (TPSA) is 63.6 Å². The number of nitrogens with one attached hydrogen (secondary N) is 1. The highest BCUT2D eigenvalue weighted by molar-refractivity contribution is 7.18. The van der Waals surface area contributed by atoms with Gasteiger partial charge in [-0.2, -0.15) is 0 Å². The number of rotatable bonds is 4. The standard InChI is InChI=1S/C13H9Cl2N5S/c14-9-2-1-3-10(15)8(9)6-18-13-20-19-12(21-13)11-7-16-4-5-17-11/h1-5,7H,6H2,(H,18,20). The minimum atomic E-state index is 0.480. The SMILES string of the molecule is Clc1cccc(Cl)c1CNc1nnc(-c2cnccn2)s1. The summed E-state index contributed by atoms with van der Waals surface area (Å²) in [5, 5.41) is 13.9. The van der Waals surface area contributed by atoms with E-state index in [2.05, 4.69) is 25.5 Å². The second-order valence-corrected chi connectivity index (χ2v) is 5.85. The number of aromatic nitrogens is 4. The van der Waals surface area contributed by atoms with Crippen molar-refractivity contribution >= 4 is 39.7 Å². The van der Waals surface area contributed by atoms with Crippen LogP contribution in [0, 0.1) is 0 Å². The van der Waals surface area contributed by atoms with Crippen molar-refractivity contribution in [1.82, 2.24) is 20.2 Å². The van der Waals surface area contributed by atoms with Crippen LogP contribution in [0.3, 0.4) is 0 Å². The molecule has 0 atom stereocenters. The summed E-state index contributed by atoms with van der Waals surface area (Å²) in [7, 11) is 0. The molecule has 0 aliphatic carbocycles. The van der Waals surface area contributed by atoms with Crippen LogP contribution in [0.4, 0.5) is 5.13 Å². The Morgan fingerprint density at radius 3 is 2.62 bits per heavy atom. The van der Waals surface area contributed by atoms with Crippen LogP contribution in [-0.2, 0) is 6.54 Å². The fraction of sp³-hybridized carbons (Fsp3) is 0.0769. The van der Waals surface area contributed by atoms with Crippen LogP contribution < -0.4 is 5.32 Å². The van der Waals surface area contributed by atoms with E-state index in [0.29, 0.717) is 32.4 Å². The first-order valence-electron chi connectivity index (χ1n) is 6.00. The number of nitrogens with zero attached hydrogens (tertiary/aromatic N) is 4. The Morgan fingerprint density at radius 2 is 1.90 bits per heavy atom. The van der Waals surface area contributed by atoms with E-state index in [9.17, 15) is 0 Å². The maximum atomic E-state index is 6.12. The average molecular weight is 338 g/mol. The molecule has 0 bridgehead atoms. The quantitative estimate of drug-likeness (QED) is 0.781. The van der Waals surface area contributed by atoms with Gasteiger partial charge < -0.3 is 5.32 Å². The second-order valence-electron chi connectivity index (χ2n) is 4.06. The summed E-state index contributed by atoms with van der Waals surface area (Å²) < 4.78 is 0. The van der Waals surface area contributed by atoms with Crippen LogP contribution in [0.2, 0.25) is 10.0 Å². The Morgan fingerprint density at radius 1 is 1.10 bits per heavy atom. The molecule has 5 nitrogen and oxygen atoms in total. The fourth-order valence-electron chi connectivity index (χ4n) is 1.67. The van der Waals surface area contributed by atoms with Crippen molar-refractivity contribution in [2.45, 2.75) is 6.54 Å². The molecule has 0 unspecified atom stereocenters. The molecule has 3 rings (SSSR count). The fourth-order valence-corrected chi connectivity index (χ4v) is 2.90. The molecule has 2 aromatic heterocycles. The third kappa shape index (κ3) is 3.29. The first kappa shape index (κ1) is 14.2. The van der Waals surface area contributed by atoms with Crippen molar-refractivity contribution in [2.24, 2.45) is 0 Å². The summed E-state index contributed by atoms with van der Waals surface area (Å²) in [6.07, 6.45) is 4.88. The van der Waals surface area contributed by atoms with Gasteiger partial charge in [0, 0.05) is 34.5 Å². The molecule has 1 aromatic carbocycles. The maximum absolute atomic E-state index is 6.12. The van der Waals surface area contributed by atoms with E-state index in [-0.39, 0.29) is 0 Å². The highest BCUT2D eigenvalue weighted by Crippen LogP contribution is 2.27. The number of benzene rings is 1. The molecule has 106 valence electrons. The number of anilines is 1. The molecule has 3 aromatic rings. The summed E-state index contributed by atoms with van der Waals surface area (Å²) in [4.78, 5) is 8.19. The van der Waals surface area contributed by atoms with Crippen molar-refractivity contribution < 1.29 is 0 Å². The van der Waals surface area contributed by atoms with Crippen LogP contribution in [0.5, 0.6) is 0 Å². The molecule has 0 radical (unpaired) electrons. The van der Waals surface area contributed by atoms with Gasteiger partial charge in [0.25, 0.3) is 0 Å². The molecule has 0 amide bonds. The van der Waals surface area contributed by atoms with E-state index in [4.69, 9.17) is 23.2 Å². The molecule has 8 heteroatoms. The van der Waals surface area contributed by atoms with E-state index in [1.165, 1.54) is 11.3 Å². The summed E-state index contributed by atoms with van der Waals surface area (Å²) >= 11 is 13.6. The molecule has 0 spiro atoms. The van der Waals surface area contributed by atoms with Gasteiger partial charge in [-0.3, -0.25) is 9.97 Å². The van der Waals surface area contributed by atoms with Crippen LogP contribution in [0.1, 0.15) is 5.56 Å². The first-order valence-corrected chi connectivity index (χ1v) is 7.58. The Kier molecular flexibility index (Phi) is 4.28. The summed E-state index contributed by atoms with van der Waals surface area (Å²) in [5.74, 6) is 0. The van der Waals surface area contributed by atoms with Crippen molar-refractivity contribution in [3.05, 3.63) is 52.4 Å². The molecule has 0 fully saturated rings. The third-order valence-corrected chi connectivity index (χ3v) is 4.30. The second kappa shape index (κ2) is 6.34. The van der Waals surface area contributed by atoms with E-state index in [1.807, 2.05) is 6.07 Å². The Hall–Kier alpha value is -1.76. The van der Waals surface area contributed by atoms with Gasteiger partial charge in [-0.25, -0.2) is 0 Å². The Bertz CT molecular complexity index is 727. The number of hydrogen-bond acceptors (Lipinski definition) is 6. The molecular formula is C13H9Cl2N5S. The zero-order valence-electron chi connectivity index (χ0n) is 10.6. The summed E-state index contributed by atoms with van der Waals surface area (Å²) in [5.41, 5.74) is 1.52. The van der Waals surface area contributed by atoms with Gasteiger partial charge in [-0.15, -0.1) is 10.2 Å². The van der Waals surface area contributed by atoms with Crippen molar-refractivity contribution in [3.8, 4) is 10.7 Å². The number of halogens is 2. The monoisotopic (exact) mass is 337 g/mol. The number of hydrogen-bond donors (Lipinski definition) is 1. The molecule has 0 saturated carbocycles. The average Bonchev–Trinajstić information content (AvgIpc) is 2.97. The van der Waals surface area contributed by atoms with E-state index >= 15 is 0 Å². The maximum Gasteiger partial charge on any atom is 0.206 e. The van der Waals surface area contributed by atoms with Crippen molar-refractivity contribution in [3.63, 3.8) is 0 Å². The normalized spacial score (nSPS) is 10.6. The largest absolute Gasteiger partial charge is 0.356 e. The zero-order chi connectivity index (χ0) is 14.7. The van der Waals surface area contributed by atoms with E-state index in [0.717, 1.165) is 5.56 Å². The smallest absolute Gasteiger partial charge is 0.206 e. The third-order valence-electron chi connectivity index (χ3n) is 2.69. The zero-order valence-corrected chi connectivity index (χ0v) is 13.0. The van der Waals surface area contributed by atoms with Crippen molar-refractivity contribution in [2.75, 3.05) is 5.32 Å². The lowest BCUT2D eigenvalue weighted by molar-refractivity contribution is 1.05. The van der Waals surface area contributed by atoms with Gasteiger partial charge in [-0.05, 0) is 12.1 Å². The molecule has 0 aliphatic heterocycles. The van der Waals surface area contributed by atoms with Gasteiger partial charge in [0.05, 0.1) is 6.20 Å². The van der Waals surface area contributed by atoms with Gasteiger partial charge in [0.1, 0.15) is 5.69 Å². The summed E-state index contributed by atoms with van der Waals surface area (Å²) in [6, 6.07) is 5.41. The van der Waals surface area contributed by atoms with Crippen molar-refractivity contribution in [1.29, 1.82) is 0 Å². The lowest BCUT2D eigenvalue weighted by Gasteiger charge is -2.06. The van der Waals surface area contributed by atoms with Gasteiger partial charge >= 0.3 is 0 Å². The van der Waals surface area contributed by atoms with Gasteiger partial charge in [0.2, 0.25) is 5.13 Å². The Labute approximate surface area is 135 Å². The molecule has 21 heavy (non-hydrogen) atoms. The minimum Gasteiger partial charge on any atom is -0.356 e. The van der Waals surface area contributed by atoms with Crippen LogP contribution in [0.25, 0.3) is 10.7 Å². The highest BCUT2D eigenvalue weighted by Gasteiger charge is 2.09. The van der Waals surface area contributed by atoms with Crippen LogP contribution in [-0.4, -0.2) is 20.2 Å². The lowest BCUT2D eigenvalue weighted by Crippen LogP contribution is -2.00. The van der Waals surface area contributed by atoms with Crippen LogP contribution in [0.15, 0.2) is 36.8 Å². The van der Waals surface area contributed by atoms with E-state index in [1.54, 1.807) is 30.7 Å². The molecular weight excluding hydrogens is 329 g/mol. The molecule has 1 N–H and O–H groups in total. The minimum absolute atomic E-state index is 0.480. The summed E-state index contributed by atoms with van der Waals surface area (Å²) in [6.45, 7) is 0.480. The lowest BCUT2D eigenvalue weighted by atomic mass is 10.2. The van der Waals surface area contributed by atoms with Crippen LogP contribution >= 0.6 is 34.5 Å². The van der Waals surface area contributed by atoms with Gasteiger partial charge in [0.15, 0.2) is 5.01 Å². The molecule has 0 saturated heterocycles. The molecule has 0 aliphatic rings. The highest BCUT2D eigenvalue weighted by atomic mass is 35.5. The molecule has 2 heterocycles.